The number of fused-ring (bicyclic) bond motifs is 3. The third-order valence-corrected chi connectivity index (χ3v) is 5.07. The third kappa shape index (κ3) is 2.58. The Balaban J connectivity index is 1.91. The van der Waals surface area contributed by atoms with Crippen molar-refractivity contribution in [2.24, 2.45) is 11.8 Å². The van der Waals surface area contributed by atoms with Gasteiger partial charge in [-0.3, -0.25) is 4.79 Å². The van der Waals surface area contributed by atoms with Gasteiger partial charge in [0.1, 0.15) is 18.2 Å². The van der Waals surface area contributed by atoms with E-state index in [-0.39, 0.29) is 41.8 Å². The van der Waals surface area contributed by atoms with Gasteiger partial charge >= 0.3 is 5.97 Å². The summed E-state index contributed by atoms with van der Waals surface area (Å²) in [6, 6.07) is 2.03. The molecule has 0 radical (unpaired) electrons. The van der Waals surface area contributed by atoms with E-state index >= 15 is 0 Å². The highest BCUT2D eigenvalue weighted by molar-refractivity contribution is 5.74. The predicted octanol–water partition coefficient (Wildman–Crippen LogP) is 3.16. The van der Waals surface area contributed by atoms with E-state index in [4.69, 9.17) is 9.47 Å². The second-order valence-electron chi connectivity index (χ2n) is 6.89. The Morgan fingerprint density at radius 1 is 1.38 bits per heavy atom. The molecule has 1 aliphatic carbocycles. The third-order valence-electron chi connectivity index (χ3n) is 5.07. The molecule has 0 saturated heterocycles. The number of aldehydes is 1. The molecule has 2 aliphatic rings. The molecule has 24 heavy (non-hydrogen) atoms. The molecule has 1 fully saturated rings. The van der Waals surface area contributed by atoms with Gasteiger partial charge in [0.25, 0.3) is 0 Å². The Kier molecular flexibility index (Phi) is 4.32. The highest BCUT2D eigenvalue weighted by Gasteiger charge is 2.52. The molecule has 1 aromatic carbocycles. The molecule has 3 rings (SSSR count). The van der Waals surface area contributed by atoms with Crippen molar-refractivity contribution in [3.05, 3.63) is 29.3 Å². The van der Waals surface area contributed by atoms with Crippen LogP contribution in [0.1, 0.15) is 38.7 Å². The quantitative estimate of drug-likeness (QED) is 0.627. The lowest BCUT2D eigenvalue weighted by Gasteiger charge is -2.46. The van der Waals surface area contributed by atoms with Crippen molar-refractivity contribution in [2.75, 3.05) is 6.61 Å². The van der Waals surface area contributed by atoms with Gasteiger partial charge < -0.3 is 14.3 Å². The maximum absolute atomic E-state index is 14.4. The van der Waals surface area contributed by atoms with Crippen molar-refractivity contribution < 1.29 is 27.8 Å². The molecule has 4 nitrogen and oxygen atoms in total. The van der Waals surface area contributed by atoms with Crippen LogP contribution in [0.5, 0.6) is 5.75 Å². The van der Waals surface area contributed by atoms with Crippen molar-refractivity contribution in [3.63, 3.8) is 0 Å². The highest BCUT2D eigenvalue weighted by atomic mass is 19.1. The van der Waals surface area contributed by atoms with Crippen molar-refractivity contribution in [1.82, 2.24) is 0 Å². The van der Waals surface area contributed by atoms with Gasteiger partial charge in [-0.05, 0) is 31.4 Å². The van der Waals surface area contributed by atoms with Gasteiger partial charge in [-0.1, -0.05) is 13.8 Å². The summed E-state index contributed by atoms with van der Waals surface area (Å²) in [5.74, 6) is -2.36. The van der Waals surface area contributed by atoms with Crippen LogP contribution in [0.3, 0.4) is 0 Å². The average Bonchev–Trinajstić information content (AvgIpc) is 2.57. The lowest BCUT2D eigenvalue weighted by atomic mass is 9.61. The smallest absolute Gasteiger partial charge is 0.308 e. The number of esters is 1. The van der Waals surface area contributed by atoms with Crippen LogP contribution in [-0.4, -0.2) is 25.0 Å². The molecule has 0 aromatic heterocycles. The summed E-state index contributed by atoms with van der Waals surface area (Å²) in [5, 5.41) is 0. The summed E-state index contributed by atoms with van der Waals surface area (Å²) in [6.07, 6.45) is 1.51. The van der Waals surface area contributed by atoms with Crippen LogP contribution in [0.25, 0.3) is 0 Å². The van der Waals surface area contributed by atoms with Crippen LogP contribution in [0.15, 0.2) is 12.1 Å². The zero-order valence-corrected chi connectivity index (χ0v) is 13.7. The summed E-state index contributed by atoms with van der Waals surface area (Å²) >= 11 is 0. The van der Waals surface area contributed by atoms with Crippen LogP contribution < -0.4 is 4.74 Å². The lowest BCUT2D eigenvalue weighted by molar-refractivity contribution is -0.157. The Morgan fingerprint density at radius 3 is 2.75 bits per heavy atom. The highest BCUT2D eigenvalue weighted by Crippen LogP contribution is 2.51. The predicted molar refractivity (Wildman–Crippen MR) is 81.7 cm³/mol. The second-order valence-corrected chi connectivity index (χ2v) is 6.89. The minimum absolute atomic E-state index is 0.00221. The first-order chi connectivity index (χ1) is 11.4. The fourth-order valence-electron chi connectivity index (χ4n) is 3.71. The summed E-state index contributed by atoms with van der Waals surface area (Å²) in [4.78, 5) is 23.7. The molecule has 0 bridgehead atoms. The summed E-state index contributed by atoms with van der Waals surface area (Å²) in [5.41, 5.74) is -1.12. The van der Waals surface area contributed by atoms with Crippen LogP contribution in [-0.2, 0) is 19.7 Å². The van der Waals surface area contributed by atoms with E-state index in [9.17, 15) is 18.4 Å². The van der Waals surface area contributed by atoms with Gasteiger partial charge in [0.05, 0.1) is 17.9 Å². The van der Waals surface area contributed by atoms with E-state index in [0.717, 1.165) is 12.1 Å². The zero-order chi connectivity index (χ0) is 17.5. The number of ether oxygens (including phenoxy) is 2. The summed E-state index contributed by atoms with van der Waals surface area (Å²) < 4.78 is 39.2. The van der Waals surface area contributed by atoms with E-state index in [0.29, 0.717) is 25.5 Å². The van der Waals surface area contributed by atoms with E-state index in [1.807, 2.05) is 0 Å². The number of benzene rings is 1. The Morgan fingerprint density at radius 2 is 2.08 bits per heavy atom. The monoisotopic (exact) mass is 338 g/mol. The maximum atomic E-state index is 14.4. The number of carbonyl (C=O) groups excluding carboxylic acids is 2. The van der Waals surface area contributed by atoms with Crippen LogP contribution in [0.4, 0.5) is 8.78 Å². The van der Waals surface area contributed by atoms with Gasteiger partial charge in [0.2, 0.25) is 0 Å². The van der Waals surface area contributed by atoms with Gasteiger partial charge in [0.15, 0.2) is 11.6 Å². The molecular weight excluding hydrogens is 318 g/mol. The van der Waals surface area contributed by atoms with Crippen molar-refractivity contribution in [3.8, 4) is 5.75 Å². The fourth-order valence-corrected chi connectivity index (χ4v) is 3.71. The number of hydrogen-bond acceptors (Lipinski definition) is 4. The van der Waals surface area contributed by atoms with E-state index < -0.39 is 17.0 Å². The molecule has 1 aromatic rings. The summed E-state index contributed by atoms with van der Waals surface area (Å²) in [7, 11) is 0. The molecule has 130 valence electrons. The standard InChI is InChI=1S/C18H20F2O4/c1-10(2)17(22)24-12-5-6-18(9-21)11(7-12)8-23-16-14(20)4-3-13(19)15(16)18/h3-4,9-12H,5-8H2,1-2H3/t11-,12-,18?/m1/s1. The molecule has 3 atom stereocenters. The first kappa shape index (κ1) is 16.9. The molecule has 1 unspecified atom stereocenters. The number of rotatable bonds is 3. The molecule has 1 heterocycles. The van der Waals surface area contributed by atoms with Crippen molar-refractivity contribution in [1.29, 1.82) is 0 Å². The fraction of sp³-hybridized carbons (Fsp3) is 0.556. The normalized spacial score (nSPS) is 28.5. The number of carbonyl (C=O) groups is 2. The van der Waals surface area contributed by atoms with Gasteiger partial charge in [-0.25, -0.2) is 8.78 Å². The first-order valence-corrected chi connectivity index (χ1v) is 8.17. The first-order valence-electron chi connectivity index (χ1n) is 8.17. The molecule has 1 saturated carbocycles. The Hall–Kier alpha value is -1.98. The van der Waals surface area contributed by atoms with Gasteiger partial charge in [0, 0.05) is 11.5 Å². The van der Waals surface area contributed by atoms with E-state index in [2.05, 4.69) is 0 Å². The molecule has 6 heteroatoms. The molecular formula is C18H20F2O4. The lowest BCUT2D eigenvalue weighted by Crippen LogP contribution is -2.50. The van der Waals surface area contributed by atoms with E-state index in [1.165, 1.54) is 0 Å². The minimum atomic E-state index is -1.12. The van der Waals surface area contributed by atoms with Crippen LogP contribution in [0.2, 0.25) is 0 Å². The molecule has 0 N–H and O–H groups in total. The topological polar surface area (TPSA) is 52.6 Å². The Bertz CT molecular complexity index is 673. The molecule has 0 spiro atoms. The molecule has 0 amide bonds. The maximum Gasteiger partial charge on any atom is 0.308 e. The van der Waals surface area contributed by atoms with Crippen LogP contribution >= 0.6 is 0 Å². The van der Waals surface area contributed by atoms with Crippen molar-refractivity contribution >= 4 is 12.3 Å². The van der Waals surface area contributed by atoms with Crippen molar-refractivity contribution in [2.45, 2.75) is 44.6 Å². The SMILES string of the molecule is CC(C)C(=O)O[C@@H]1CCC2(C=O)c3c(F)ccc(F)c3OC[C@H]2C1. The average molecular weight is 338 g/mol. The number of hydrogen-bond donors (Lipinski definition) is 0. The molecule has 1 aliphatic heterocycles. The van der Waals surface area contributed by atoms with Gasteiger partial charge in [-0.15, -0.1) is 0 Å². The largest absolute Gasteiger partial charge is 0.490 e. The summed E-state index contributed by atoms with van der Waals surface area (Å²) in [6.45, 7) is 3.60. The minimum Gasteiger partial charge on any atom is -0.490 e. The zero-order valence-electron chi connectivity index (χ0n) is 13.7. The second kappa shape index (κ2) is 6.15. The van der Waals surface area contributed by atoms with Gasteiger partial charge in [-0.2, -0.15) is 0 Å². The number of halogens is 2. The van der Waals surface area contributed by atoms with E-state index in [1.54, 1.807) is 13.8 Å². The Labute approximate surface area is 139 Å². The van der Waals surface area contributed by atoms with Crippen LogP contribution in [0, 0.1) is 23.5 Å².